The van der Waals surface area contributed by atoms with Gasteiger partial charge in [0.1, 0.15) is 0 Å². The summed E-state index contributed by atoms with van der Waals surface area (Å²) in [5.41, 5.74) is -0.941. The average molecular weight is 247 g/mol. The van der Waals surface area contributed by atoms with Gasteiger partial charge in [0.25, 0.3) is 0 Å². The van der Waals surface area contributed by atoms with E-state index in [1.165, 1.54) is 0 Å². The third-order valence-corrected chi connectivity index (χ3v) is 2.76. The molecule has 0 saturated carbocycles. The Bertz CT molecular complexity index is 365. The lowest BCUT2D eigenvalue weighted by molar-refractivity contribution is -0.139. The van der Waals surface area contributed by atoms with E-state index < -0.39 is 17.8 Å². The lowest BCUT2D eigenvalue weighted by atomic mass is 9.92. The molecule has 0 aliphatic carbocycles. The molecular weight excluding hydrogens is 231 g/mol. The van der Waals surface area contributed by atoms with Gasteiger partial charge in [-0.3, -0.25) is 4.98 Å². The number of nitrogens with zero attached hydrogens (tertiary/aromatic N) is 1. The van der Waals surface area contributed by atoms with Crippen LogP contribution in [0.5, 0.6) is 0 Å². The van der Waals surface area contributed by atoms with Gasteiger partial charge in [-0.15, -0.1) is 0 Å². The number of rotatable bonds is 4. The fourth-order valence-corrected chi connectivity index (χ4v) is 1.82. The van der Waals surface area contributed by atoms with Crippen molar-refractivity contribution < 1.29 is 18.3 Å². The summed E-state index contributed by atoms with van der Waals surface area (Å²) in [7, 11) is 0. The maximum atomic E-state index is 12.7. The minimum Gasteiger partial charge on any atom is -0.388 e. The van der Waals surface area contributed by atoms with E-state index in [2.05, 4.69) is 4.98 Å². The first-order chi connectivity index (χ1) is 7.88. The van der Waals surface area contributed by atoms with E-state index >= 15 is 0 Å². The number of hydrogen-bond acceptors (Lipinski definition) is 2. The number of aliphatic hydroxyl groups is 1. The Morgan fingerprint density at radius 2 is 2.06 bits per heavy atom. The van der Waals surface area contributed by atoms with Crippen LogP contribution in [0.2, 0.25) is 0 Å². The lowest BCUT2D eigenvalue weighted by Gasteiger charge is -2.21. The summed E-state index contributed by atoms with van der Waals surface area (Å²) >= 11 is 0. The largest absolute Gasteiger partial charge is 0.416 e. The predicted molar refractivity (Wildman–Crippen MR) is 58.3 cm³/mol. The summed E-state index contributed by atoms with van der Waals surface area (Å²) in [6, 6.07) is 0.900. The Hall–Kier alpha value is -1.10. The first-order valence-electron chi connectivity index (χ1n) is 5.57. The van der Waals surface area contributed by atoms with Crippen LogP contribution in [0, 0.1) is 5.92 Å². The van der Waals surface area contributed by atoms with Crippen LogP contribution in [-0.2, 0) is 6.18 Å². The highest BCUT2D eigenvalue weighted by Gasteiger charge is 2.35. The normalized spacial score (nSPS) is 15.6. The van der Waals surface area contributed by atoms with E-state index in [4.69, 9.17) is 0 Å². The number of pyridine rings is 1. The van der Waals surface area contributed by atoms with Crippen molar-refractivity contribution >= 4 is 0 Å². The smallest absolute Gasteiger partial charge is 0.388 e. The molecule has 0 aliphatic rings. The van der Waals surface area contributed by atoms with Crippen molar-refractivity contribution in [3.8, 4) is 0 Å². The zero-order chi connectivity index (χ0) is 13.1. The van der Waals surface area contributed by atoms with Gasteiger partial charge in [0.2, 0.25) is 0 Å². The molecule has 1 aromatic heterocycles. The number of halogens is 3. The van der Waals surface area contributed by atoms with Crippen LogP contribution in [0.15, 0.2) is 18.5 Å². The highest BCUT2D eigenvalue weighted by Crippen LogP contribution is 2.36. The molecule has 2 atom stereocenters. The molecule has 1 aromatic rings. The third-order valence-electron chi connectivity index (χ3n) is 2.76. The average Bonchev–Trinajstić information content (AvgIpc) is 2.27. The maximum Gasteiger partial charge on any atom is 0.416 e. The summed E-state index contributed by atoms with van der Waals surface area (Å²) < 4.78 is 38.2. The Labute approximate surface area is 98.5 Å². The van der Waals surface area contributed by atoms with Gasteiger partial charge in [-0.25, -0.2) is 0 Å². The molecule has 1 N–H and O–H groups in total. The van der Waals surface area contributed by atoms with Crippen LogP contribution in [0.1, 0.15) is 43.9 Å². The van der Waals surface area contributed by atoms with Gasteiger partial charge >= 0.3 is 6.18 Å². The molecule has 0 aliphatic heterocycles. The first kappa shape index (κ1) is 14.0. The van der Waals surface area contributed by atoms with Gasteiger partial charge in [-0.05, 0) is 18.4 Å². The summed E-state index contributed by atoms with van der Waals surface area (Å²) in [4.78, 5) is 3.66. The maximum absolute atomic E-state index is 12.7. The molecule has 2 unspecified atom stereocenters. The number of hydrogen-bond donors (Lipinski definition) is 1. The monoisotopic (exact) mass is 247 g/mol. The zero-order valence-electron chi connectivity index (χ0n) is 9.83. The fraction of sp³-hybridized carbons (Fsp3) is 0.583. The first-order valence-corrected chi connectivity index (χ1v) is 5.57. The van der Waals surface area contributed by atoms with Crippen molar-refractivity contribution in [2.24, 2.45) is 5.92 Å². The second-order valence-electron chi connectivity index (χ2n) is 4.17. The molecule has 2 nitrogen and oxygen atoms in total. The van der Waals surface area contributed by atoms with E-state index in [-0.39, 0.29) is 11.5 Å². The Morgan fingerprint density at radius 3 is 2.59 bits per heavy atom. The topological polar surface area (TPSA) is 33.1 Å². The molecule has 0 aromatic carbocycles. The second-order valence-corrected chi connectivity index (χ2v) is 4.17. The van der Waals surface area contributed by atoms with Gasteiger partial charge in [0, 0.05) is 18.0 Å². The minimum absolute atomic E-state index is 0.138. The van der Waals surface area contributed by atoms with Crippen molar-refractivity contribution in [2.75, 3.05) is 0 Å². The molecule has 0 fully saturated rings. The molecule has 0 bridgehead atoms. The molecule has 17 heavy (non-hydrogen) atoms. The van der Waals surface area contributed by atoms with Crippen LogP contribution in [0.4, 0.5) is 13.2 Å². The van der Waals surface area contributed by atoms with Crippen molar-refractivity contribution in [3.63, 3.8) is 0 Å². The van der Waals surface area contributed by atoms with Gasteiger partial charge in [0.15, 0.2) is 0 Å². The van der Waals surface area contributed by atoms with E-state index in [0.29, 0.717) is 6.42 Å². The van der Waals surface area contributed by atoms with Crippen molar-refractivity contribution in [3.05, 3.63) is 29.6 Å². The SMILES string of the molecule is CCCC(C)C(O)c1cnccc1C(F)(F)F. The van der Waals surface area contributed by atoms with Crippen molar-refractivity contribution in [2.45, 2.75) is 39.0 Å². The van der Waals surface area contributed by atoms with Gasteiger partial charge in [-0.1, -0.05) is 20.3 Å². The molecule has 5 heteroatoms. The minimum atomic E-state index is -4.45. The van der Waals surface area contributed by atoms with Crippen molar-refractivity contribution in [1.82, 2.24) is 4.98 Å². The van der Waals surface area contributed by atoms with E-state index in [1.54, 1.807) is 6.92 Å². The third kappa shape index (κ3) is 3.43. The van der Waals surface area contributed by atoms with E-state index in [9.17, 15) is 18.3 Å². The summed E-state index contributed by atoms with van der Waals surface area (Å²) in [5, 5.41) is 9.92. The number of alkyl halides is 3. The van der Waals surface area contributed by atoms with Crippen LogP contribution in [0.3, 0.4) is 0 Å². The fourth-order valence-electron chi connectivity index (χ4n) is 1.82. The van der Waals surface area contributed by atoms with Gasteiger partial charge in [-0.2, -0.15) is 13.2 Å². The quantitative estimate of drug-likeness (QED) is 0.882. The summed E-state index contributed by atoms with van der Waals surface area (Å²) in [5.74, 6) is -0.217. The molecule has 0 spiro atoms. The molecule has 1 rings (SSSR count). The number of aliphatic hydroxyl groups excluding tert-OH is 1. The number of aromatic nitrogens is 1. The highest BCUT2D eigenvalue weighted by molar-refractivity contribution is 5.28. The summed E-state index contributed by atoms with van der Waals surface area (Å²) in [6.45, 7) is 3.67. The molecule has 96 valence electrons. The Balaban J connectivity index is 3.05. The van der Waals surface area contributed by atoms with Gasteiger partial charge in [0.05, 0.1) is 11.7 Å². The van der Waals surface area contributed by atoms with Gasteiger partial charge < -0.3 is 5.11 Å². The Kier molecular flexibility index (Phi) is 4.51. The van der Waals surface area contributed by atoms with Crippen LogP contribution in [-0.4, -0.2) is 10.1 Å². The van der Waals surface area contributed by atoms with Crippen LogP contribution in [0.25, 0.3) is 0 Å². The van der Waals surface area contributed by atoms with E-state index in [0.717, 1.165) is 24.9 Å². The molecule has 1 heterocycles. The van der Waals surface area contributed by atoms with Crippen LogP contribution < -0.4 is 0 Å². The van der Waals surface area contributed by atoms with Crippen LogP contribution >= 0.6 is 0 Å². The Morgan fingerprint density at radius 1 is 1.41 bits per heavy atom. The predicted octanol–water partition coefficient (Wildman–Crippen LogP) is 3.57. The standard InChI is InChI=1S/C12H16F3NO/c1-3-4-8(2)11(17)9-7-16-6-5-10(9)12(13,14)15/h5-8,11,17H,3-4H2,1-2H3. The zero-order valence-corrected chi connectivity index (χ0v) is 9.83. The lowest BCUT2D eigenvalue weighted by Crippen LogP contribution is -2.16. The highest BCUT2D eigenvalue weighted by atomic mass is 19.4. The molecule has 0 radical (unpaired) electrons. The molecule has 0 amide bonds. The second kappa shape index (κ2) is 5.49. The molecule has 0 saturated heterocycles. The van der Waals surface area contributed by atoms with E-state index in [1.807, 2.05) is 6.92 Å². The van der Waals surface area contributed by atoms with Crippen molar-refractivity contribution in [1.29, 1.82) is 0 Å². The molecular formula is C12H16F3NO. The summed E-state index contributed by atoms with van der Waals surface area (Å²) in [6.07, 6.45) is -1.90.